The highest BCUT2D eigenvalue weighted by atomic mass is 16.5. The van der Waals surface area contributed by atoms with Crippen molar-refractivity contribution in [3.63, 3.8) is 0 Å². The van der Waals surface area contributed by atoms with Gasteiger partial charge in [0.25, 0.3) is 0 Å². The lowest BCUT2D eigenvalue weighted by atomic mass is 9.72. The Labute approximate surface area is 152 Å². The summed E-state index contributed by atoms with van der Waals surface area (Å²) in [5.74, 6) is -0.614. The van der Waals surface area contributed by atoms with Crippen LogP contribution in [0.4, 0.5) is 0 Å². The zero-order chi connectivity index (χ0) is 18.6. The SMILES string of the molecule is CC(Oc1ccccc1)(c1ccccc1)[C@](N)(C(=O)O)c1ccccc1. The predicted octanol–water partition coefficient (Wildman–Crippen LogP) is 3.92. The number of carboxylic acid groups (broad SMARTS) is 1. The molecule has 0 radical (unpaired) electrons. The fraction of sp³-hybridized carbons (Fsp3) is 0.136. The van der Waals surface area contributed by atoms with Crippen LogP contribution in [-0.2, 0) is 15.9 Å². The Morgan fingerprint density at radius 3 is 1.69 bits per heavy atom. The molecule has 26 heavy (non-hydrogen) atoms. The Balaban J connectivity index is 2.23. The van der Waals surface area contributed by atoms with Crippen molar-refractivity contribution in [3.05, 3.63) is 102 Å². The molecule has 0 spiro atoms. The van der Waals surface area contributed by atoms with Crippen LogP contribution >= 0.6 is 0 Å². The highest BCUT2D eigenvalue weighted by molar-refractivity contribution is 5.83. The number of hydrogen-bond acceptors (Lipinski definition) is 3. The first-order chi connectivity index (χ1) is 12.5. The van der Waals surface area contributed by atoms with Gasteiger partial charge in [0.2, 0.25) is 0 Å². The lowest BCUT2D eigenvalue weighted by Gasteiger charge is -2.43. The molecule has 0 aliphatic carbocycles. The van der Waals surface area contributed by atoms with Gasteiger partial charge in [0.15, 0.2) is 11.1 Å². The molecule has 4 nitrogen and oxygen atoms in total. The number of nitrogens with two attached hydrogens (primary N) is 1. The molecule has 4 heteroatoms. The quantitative estimate of drug-likeness (QED) is 0.709. The third kappa shape index (κ3) is 2.95. The second-order valence-corrected chi connectivity index (χ2v) is 6.29. The Kier molecular flexibility index (Phi) is 4.78. The van der Waals surface area contributed by atoms with Gasteiger partial charge < -0.3 is 15.6 Å². The van der Waals surface area contributed by atoms with E-state index in [1.165, 1.54) is 0 Å². The van der Waals surface area contributed by atoms with E-state index in [2.05, 4.69) is 0 Å². The van der Waals surface area contributed by atoms with Gasteiger partial charge in [-0.3, -0.25) is 0 Å². The van der Waals surface area contributed by atoms with Crippen molar-refractivity contribution in [3.8, 4) is 5.75 Å². The fourth-order valence-corrected chi connectivity index (χ4v) is 3.15. The number of carbonyl (C=O) groups is 1. The highest BCUT2D eigenvalue weighted by Crippen LogP contribution is 2.42. The minimum atomic E-state index is -1.80. The maximum Gasteiger partial charge on any atom is 0.332 e. The number of hydrogen-bond donors (Lipinski definition) is 2. The summed E-state index contributed by atoms with van der Waals surface area (Å²) in [6, 6.07) is 27.1. The van der Waals surface area contributed by atoms with E-state index in [4.69, 9.17) is 10.5 Å². The van der Waals surface area contributed by atoms with Gasteiger partial charge in [0.1, 0.15) is 5.75 Å². The monoisotopic (exact) mass is 347 g/mol. The van der Waals surface area contributed by atoms with Gasteiger partial charge in [-0.05, 0) is 30.2 Å². The van der Waals surface area contributed by atoms with Crippen LogP contribution in [0.1, 0.15) is 18.1 Å². The molecular weight excluding hydrogens is 326 g/mol. The van der Waals surface area contributed by atoms with Crippen molar-refractivity contribution >= 4 is 5.97 Å². The van der Waals surface area contributed by atoms with Crippen LogP contribution in [0.5, 0.6) is 5.75 Å². The molecule has 3 aromatic rings. The topological polar surface area (TPSA) is 72.5 Å². The number of rotatable bonds is 6. The first-order valence-electron chi connectivity index (χ1n) is 8.36. The summed E-state index contributed by atoms with van der Waals surface area (Å²) in [6.45, 7) is 1.72. The molecular formula is C22H21NO3. The summed E-state index contributed by atoms with van der Waals surface area (Å²) in [7, 11) is 0. The smallest absolute Gasteiger partial charge is 0.332 e. The van der Waals surface area contributed by atoms with Gasteiger partial charge in [-0.1, -0.05) is 78.9 Å². The molecule has 3 N–H and O–H groups in total. The number of aliphatic carboxylic acids is 1. The van der Waals surface area contributed by atoms with Gasteiger partial charge in [-0.15, -0.1) is 0 Å². The minimum Gasteiger partial charge on any atom is -0.480 e. The third-order valence-electron chi connectivity index (χ3n) is 4.71. The maximum absolute atomic E-state index is 12.4. The van der Waals surface area contributed by atoms with Crippen LogP contribution in [0, 0.1) is 0 Å². The molecule has 0 saturated carbocycles. The van der Waals surface area contributed by atoms with E-state index in [1.807, 2.05) is 54.6 Å². The van der Waals surface area contributed by atoms with Gasteiger partial charge in [0, 0.05) is 0 Å². The van der Waals surface area contributed by atoms with Crippen molar-refractivity contribution in [1.29, 1.82) is 0 Å². The Morgan fingerprint density at radius 2 is 1.23 bits per heavy atom. The second-order valence-electron chi connectivity index (χ2n) is 6.29. The largest absolute Gasteiger partial charge is 0.480 e. The van der Waals surface area contributed by atoms with E-state index >= 15 is 0 Å². The van der Waals surface area contributed by atoms with Crippen molar-refractivity contribution in [2.45, 2.75) is 18.1 Å². The standard InChI is InChI=1S/C22H21NO3/c1-21(17-11-5-2-6-12-17,26-19-15-9-4-10-16-19)22(23,20(24)25)18-13-7-3-8-14-18/h2-16H,23H2,1H3,(H,24,25)/t21?,22-/m1/s1. The fourth-order valence-electron chi connectivity index (χ4n) is 3.15. The molecule has 0 bridgehead atoms. The molecule has 0 amide bonds. The lowest BCUT2D eigenvalue weighted by molar-refractivity contribution is -0.154. The molecule has 0 aliphatic heterocycles. The van der Waals surface area contributed by atoms with Crippen molar-refractivity contribution in [2.24, 2.45) is 5.73 Å². The van der Waals surface area contributed by atoms with Crippen LogP contribution in [0.25, 0.3) is 0 Å². The average molecular weight is 347 g/mol. The Hall–Kier alpha value is -3.11. The van der Waals surface area contributed by atoms with Gasteiger partial charge >= 0.3 is 5.97 Å². The van der Waals surface area contributed by atoms with E-state index in [9.17, 15) is 9.90 Å². The zero-order valence-electron chi connectivity index (χ0n) is 14.5. The van der Waals surface area contributed by atoms with Gasteiger partial charge in [-0.2, -0.15) is 0 Å². The molecule has 2 atom stereocenters. The Morgan fingerprint density at radius 1 is 0.808 bits per heavy atom. The highest BCUT2D eigenvalue weighted by Gasteiger charge is 2.56. The van der Waals surface area contributed by atoms with Gasteiger partial charge in [-0.25, -0.2) is 4.79 Å². The lowest BCUT2D eigenvalue weighted by Crippen LogP contribution is -2.62. The van der Waals surface area contributed by atoms with Crippen molar-refractivity contribution in [2.75, 3.05) is 0 Å². The number of para-hydroxylation sites is 1. The van der Waals surface area contributed by atoms with Crippen LogP contribution < -0.4 is 10.5 Å². The first-order valence-corrected chi connectivity index (χ1v) is 8.36. The summed E-state index contributed by atoms with van der Waals surface area (Å²) in [4.78, 5) is 12.4. The summed E-state index contributed by atoms with van der Waals surface area (Å²) in [5, 5.41) is 10.2. The van der Waals surface area contributed by atoms with E-state index in [0.717, 1.165) is 0 Å². The first kappa shape index (κ1) is 17.7. The summed E-state index contributed by atoms with van der Waals surface area (Å²) in [5.41, 5.74) is 4.60. The molecule has 3 rings (SSSR count). The Bertz CT molecular complexity index is 868. The molecule has 132 valence electrons. The molecule has 0 saturated heterocycles. The van der Waals surface area contributed by atoms with Crippen LogP contribution in [0.3, 0.4) is 0 Å². The second kappa shape index (κ2) is 7.02. The molecule has 3 aromatic carbocycles. The van der Waals surface area contributed by atoms with E-state index in [-0.39, 0.29) is 0 Å². The van der Waals surface area contributed by atoms with E-state index < -0.39 is 17.1 Å². The summed E-state index contributed by atoms with van der Waals surface area (Å²) >= 11 is 0. The van der Waals surface area contributed by atoms with Crippen molar-refractivity contribution in [1.82, 2.24) is 0 Å². The molecule has 1 unspecified atom stereocenters. The minimum absolute atomic E-state index is 0.467. The number of benzene rings is 3. The normalized spacial score (nSPS) is 15.5. The van der Waals surface area contributed by atoms with Crippen LogP contribution in [-0.4, -0.2) is 11.1 Å². The van der Waals surface area contributed by atoms with E-state index in [0.29, 0.717) is 16.9 Å². The molecule has 0 aromatic heterocycles. The van der Waals surface area contributed by atoms with Crippen LogP contribution in [0.2, 0.25) is 0 Å². The summed E-state index contributed by atoms with van der Waals surface area (Å²) in [6.07, 6.45) is 0. The van der Waals surface area contributed by atoms with E-state index in [1.54, 1.807) is 43.3 Å². The predicted molar refractivity (Wildman–Crippen MR) is 101 cm³/mol. The van der Waals surface area contributed by atoms with Crippen LogP contribution in [0.15, 0.2) is 91.0 Å². The number of carboxylic acids is 1. The molecule has 0 aliphatic rings. The zero-order valence-corrected chi connectivity index (χ0v) is 14.5. The molecule has 0 heterocycles. The third-order valence-corrected chi connectivity index (χ3v) is 4.71. The average Bonchev–Trinajstić information content (AvgIpc) is 2.69. The summed E-state index contributed by atoms with van der Waals surface area (Å²) < 4.78 is 6.26. The maximum atomic E-state index is 12.4. The van der Waals surface area contributed by atoms with Crippen molar-refractivity contribution < 1.29 is 14.6 Å². The number of ether oxygens (including phenoxy) is 1. The van der Waals surface area contributed by atoms with Gasteiger partial charge in [0.05, 0.1) is 0 Å². The molecule has 0 fully saturated rings.